The number of hydrogen-bond donors (Lipinski definition) is 1. The van der Waals surface area contributed by atoms with Crippen LogP contribution in [0.5, 0.6) is 0 Å². The minimum Gasteiger partial charge on any atom is -0.323 e. The van der Waals surface area contributed by atoms with Crippen molar-refractivity contribution in [3.05, 3.63) is 22.3 Å². The van der Waals surface area contributed by atoms with Crippen molar-refractivity contribution in [2.24, 2.45) is 0 Å². The molecule has 1 aliphatic heterocycles. The first-order valence-electron chi connectivity index (χ1n) is 7.17. The Morgan fingerprint density at radius 2 is 2.27 bits per heavy atom. The molecule has 0 atom stereocenters. The molecule has 2 amide bonds. The van der Waals surface area contributed by atoms with Gasteiger partial charge < -0.3 is 4.90 Å². The fourth-order valence-electron chi connectivity index (χ4n) is 2.45. The summed E-state index contributed by atoms with van der Waals surface area (Å²) in [6.45, 7) is 6.20. The Balaban J connectivity index is 1.52. The number of thiazole rings is 1. The summed E-state index contributed by atoms with van der Waals surface area (Å²) in [5.41, 5.74) is 1.12. The lowest BCUT2D eigenvalue weighted by atomic mass is 10.3. The van der Waals surface area contributed by atoms with Crippen molar-refractivity contribution >= 4 is 34.9 Å². The van der Waals surface area contributed by atoms with Gasteiger partial charge in [-0.2, -0.15) is 8.75 Å². The number of carbonyl (C=O) groups excluding carboxylic acids is 1. The zero-order valence-electron chi connectivity index (χ0n) is 12.4. The maximum atomic E-state index is 12.2. The monoisotopic (exact) mass is 338 g/mol. The predicted octanol–water partition coefficient (Wildman–Crippen LogP) is 2.04. The number of aromatic nitrogens is 3. The average Bonchev–Trinajstić information content (AvgIpc) is 3.07. The van der Waals surface area contributed by atoms with Crippen LogP contribution in [0.4, 0.5) is 10.6 Å². The molecule has 22 heavy (non-hydrogen) atoms. The Hall–Kier alpha value is -1.58. The van der Waals surface area contributed by atoms with Crippen LogP contribution in [0.3, 0.4) is 0 Å². The van der Waals surface area contributed by atoms with Crippen LogP contribution in [-0.4, -0.2) is 55.7 Å². The molecule has 0 bridgehead atoms. The molecule has 0 radical (unpaired) electrons. The van der Waals surface area contributed by atoms with Gasteiger partial charge in [0.05, 0.1) is 28.6 Å². The number of rotatable bonds is 3. The summed E-state index contributed by atoms with van der Waals surface area (Å²) in [7, 11) is 0. The van der Waals surface area contributed by atoms with E-state index in [0.717, 1.165) is 55.0 Å². The third-order valence-corrected chi connectivity index (χ3v) is 4.82. The first-order chi connectivity index (χ1) is 10.7. The molecule has 0 aliphatic carbocycles. The first kappa shape index (κ1) is 15.3. The molecule has 0 aromatic carbocycles. The van der Waals surface area contributed by atoms with Gasteiger partial charge in [0.25, 0.3) is 0 Å². The van der Waals surface area contributed by atoms with Crippen LogP contribution in [-0.2, 0) is 6.54 Å². The van der Waals surface area contributed by atoms with E-state index < -0.39 is 0 Å². The number of carbonyl (C=O) groups is 1. The summed E-state index contributed by atoms with van der Waals surface area (Å²) < 4.78 is 7.88. The molecule has 118 valence electrons. The van der Waals surface area contributed by atoms with Crippen LogP contribution >= 0.6 is 23.1 Å². The van der Waals surface area contributed by atoms with E-state index in [9.17, 15) is 4.79 Å². The number of amides is 2. The average molecular weight is 338 g/mol. The summed E-state index contributed by atoms with van der Waals surface area (Å²) in [5, 5.41) is 5.99. The fourth-order valence-corrected chi connectivity index (χ4v) is 3.43. The smallest absolute Gasteiger partial charge is 0.323 e. The van der Waals surface area contributed by atoms with Gasteiger partial charge in [-0.15, -0.1) is 11.3 Å². The molecule has 1 aliphatic rings. The molecular formula is C13H18N6OS2. The number of aryl methyl sites for hydroxylation is 1. The van der Waals surface area contributed by atoms with Crippen molar-refractivity contribution in [1.82, 2.24) is 23.5 Å². The number of urea groups is 1. The summed E-state index contributed by atoms with van der Waals surface area (Å²) in [6.07, 6.45) is 2.53. The van der Waals surface area contributed by atoms with Gasteiger partial charge in [-0.1, -0.05) is 0 Å². The van der Waals surface area contributed by atoms with Crippen molar-refractivity contribution in [2.45, 2.75) is 19.9 Å². The maximum Gasteiger partial charge on any atom is 0.323 e. The maximum absolute atomic E-state index is 12.2. The van der Waals surface area contributed by atoms with E-state index in [0.29, 0.717) is 12.4 Å². The standard InChI is InChI=1S/C13H18N6OS2/c1-10-15-11(9-21-10)8-18-3-2-4-19(6-5-18)13(20)16-12-7-14-22-17-12/h7,9H,2-6,8H2,1H3,(H,16,17,20). The molecule has 0 saturated carbocycles. The number of hydrogen-bond acceptors (Lipinski definition) is 7. The summed E-state index contributed by atoms with van der Waals surface area (Å²) in [6, 6.07) is -0.0981. The lowest BCUT2D eigenvalue weighted by Crippen LogP contribution is -2.38. The van der Waals surface area contributed by atoms with Gasteiger partial charge >= 0.3 is 6.03 Å². The van der Waals surface area contributed by atoms with Crippen molar-refractivity contribution < 1.29 is 4.79 Å². The molecule has 9 heteroatoms. The highest BCUT2D eigenvalue weighted by Crippen LogP contribution is 2.13. The van der Waals surface area contributed by atoms with Crippen LogP contribution in [0.15, 0.2) is 11.6 Å². The first-order valence-corrected chi connectivity index (χ1v) is 8.78. The van der Waals surface area contributed by atoms with Crippen molar-refractivity contribution in [3.63, 3.8) is 0 Å². The highest BCUT2D eigenvalue weighted by molar-refractivity contribution is 7.09. The Bertz CT molecular complexity index is 614. The van der Waals surface area contributed by atoms with E-state index in [1.807, 2.05) is 11.8 Å². The van der Waals surface area contributed by atoms with Gasteiger partial charge in [0, 0.05) is 38.1 Å². The molecule has 0 unspecified atom stereocenters. The van der Waals surface area contributed by atoms with E-state index in [-0.39, 0.29) is 6.03 Å². The number of anilines is 1. The van der Waals surface area contributed by atoms with Crippen LogP contribution in [0.25, 0.3) is 0 Å². The van der Waals surface area contributed by atoms with E-state index in [2.05, 4.69) is 29.3 Å². The van der Waals surface area contributed by atoms with E-state index in [1.54, 1.807) is 17.5 Å². The highest BCUT2D eigenvalue weighted by atomic mass is 32.1. The Morgan fingerprint density at radius 1 is 1.36 bits per heavy atom. The molecule has 3 heterocycles. The van der Waals surface area contributed by atoms with Gasteiger partial charge in [0.15, 0.2) is 5.82 Å². The van der Waals surface area contributed by atoms with E-state index in [4.69, 9.17) is 0 Å². The Morgan fingerprint density at radius 3 is 3.00 bits per heavy atom. The van der Waals surface area contributed by atoms with Crippen LogP contribution in [0.2, 0.25) is 0 Å². The van der Waals surface area contributed by atoms with Crippen molar-refractivity contribution in [1.29, 1.82) is 0 Å². The van der Waals surface area contributed by atoms with Crippen LogP contribution in [0.1, 0.15) is 17.1 Å². The lowest BCUT2D eigenvalue weighted by molar-refractivity contribution is 0.211. The quantitative estimate of drug-likeness (QED) is 0.927. The van der Waals surface area contributed by atoms with Crippen LogP contribution < -0.4 is 5.32 Å². The molecule has 2 aromatic heterocycles. The minimum absolute atomic E-state index is 0.0981. The van der Waals surface area contributed by atoms with Gasteiger partial charge in [-0.05, 0) is 13.3 Å². The topological polar surface area (TPSA) is 74.2 Å². The minimum atomic E-state index is -0.0981. The fraction of sp³-hybridized carbons (Fsp3) is 0.538. The summed E-state index contributed by atoms with van der Waals surface area (Å²) in [5.74, 6) is 0.522. The van der Waals surface area contributed by atoms with Gasteiger partial charge in [0.1, 0.15) is 0 Å². The van der Waals surface area contributed by atoms with Crippen molar-refractivity contribution in [3.8, 4) is 0 Å². The zero-order valence-corrected chi connectivity index (χ0v) is 14.0. The second-order valence-electron chi connectivity index (χ2n) is 5.20. The lowest BCUT2D eigenvalue weighted by Gasteiger charge is -2.21. The summed E-state index contributed by atoms with van der Waals surface area (Å²) in [4.78, 5) is 20.9. The Kier molecular flexibility index (Phi) is 4.96. The third kappa shape index (κ3) is 3.99. The second kappa shape index (κ2) is 7.12. The van der Waals surface area contributed by atoms with Gasteiger partial charge in [-0.3, -0.25) is 10.2 Å². The molecule has 1 saturated heterocycles. The van der Waals surface area contributed by atoms with Crippen molar-refractivity contribution in [2.75, 3.05) is 31.5 Å². The van der Waals surface area contributed by atoms with Gasteiger partial charge in [0.2, 0.25) is 0 Å². The molecule has 1 fully saturated rings. The number of nitrogens with zero attached hydrogens (tertiary/aromatic N) is 5. The molecule has 0 spiro atoms. The predicted molar refractivity (Wildman–Crippen MR) is 87.2 cm³/mol. The van der Waals surface area contributed by atoms with Gasteiger partial charge in [-0.25, -0.2) is 9.78 Å². The molecule has 2 aromatic rings. The molecular weight excluding hydrogens is 320 g/mol. The zero-order chi connectivity index (χ0) is 15.4. The normalized spacial score (nSPS) is 16.5. The second-order valence-corrected chi connectivity index (χ2v) is 6.82. The van der Waals surface area contributed by atoms with E-state index >= 15 is 0 Å². The molecule has 3 rings (SSSR count). The summed E-state index contributed by atoms with van der Waals surface area (Å²) >= 11 is 2.77. The molecule has 7 nitrogen and oxygen atoms in total. The largest absolute Gasteiger partial charge is 0.323 e. The SMILES string of the molecule is Cc1nc(CN2CCCN(C(=O)Nc3cnsn3)CC2)cs1. The third-order valence-electron chi connectivity index (χ3n) is 3.52. The highest BCUT2D eigenvalue weighted by Gasteiger charge is 2.20. The Labute approximate surface area is 137 Å². The number of nitrogens with one attached hydrogen (secondary N) is 1. The van der Waals surface area contributed by atoms with Crippen LogP contribution in [0, 0.1) is 6.92 Å². The molecule has 1 N–H and O–H groups in total. The van der Waals surface area contributed by atoms with E-state index in [1.165, 1.54) is 0 Å².